The fraction of sp³-hybridized carbons (Fsp3) is 0.273. The molecule has 240 valence electrons. The molecule has 2 fully saturated rings. The molecule has 0 saturated carbocycles. The summed E-state index contributed by atoms with van der Waals surface area (Å²) in [4.78, 5) is 45.4. The van der Waals surface area contributed by atoms with Crippen LogP contribution in [0.15, 0.2) is 65.5 Å². The Labute approximate surface area is 267 Å². The molecule has 1 amide bonds. The number of aromatic amines is 1. The van der Waals surface area contributed by atoms with Crippen molar-refractivity contribution in [3.8, 4) is 11.4 Å². The van der Waals surface area contributed by atoms with Gasteiger partial charge in [0.2, 0.25) is 11.9 Å². The summed E-state index contributed by atoms with van der Waals surface area (Å²) in [6, 6.07) is 15.9. The Morgan fingerprint density at radius 1 is 0.830 bits per heavy atom. The second kappa shape index (κ2) is 12.7. The third-order valence-electron chi connectivity index (χ3n) is 8.42. The van der Waals surface area contributed by atoms with Crippen LogP contribution in [-0.4, -0.2) is 88.4 Å². The first-order chi connectivity index (χ1) is 22.8. The van der Waals surface area contributed by atoms with Crippen LogP contribution in [0.2, 0.25) is 0 Å². The molecule has 12 nitrogen and oxygen atoms in total. The lowest BCUT2D eigenvalue weighted by molar-refractivity contribution is 0.0741. The van der Waals surface area contributed by atoms with Crippen molar-refractivity contribution in [2.45, 2.75) is 6.42 Å². The van der Waals surface area contributed by atoms with Crippen LogP contribution < -0.4 is 21.1 Å². The van der Waals surface area contributed by atoms with Gasteiger partial charge in [-0.2, -0.15) is 20.1 Å². The molecule has 14 heteroatoms. The molecule has 4 heterocycles. The maximum Gasteiger partial charge on any atom is 0.272 e. The van der Waals surface area contributed by atoms with E-state index in [0.29, 0.717) is 104 Å². The van der Waals surface area contributed by atoms with Crippen molar-refractivity contribution in [3.05, 3.63) is 99.5 Å². The minimum atomic E-state index is -0.615. The van der Waals surface area contributed by atoms with Crippen molar-refractivity contribution in [1.29, 1.82) is 0 Å². The van der Waals surface area contributed by atoms with E-state index in [1.807, 2.05) is 21.9 Å². The van der Waals surface area contributed by atoms with Gasteiger partial charge in [-0.05, 0) is 42.0 Å². The molecule has 2 aromatic heterocycles. The molecule has 2 saturated heterocycles. The first-order valence-corrected chi connectivity index (χ1v) is 15.3. The standard InChI is InChI=1S/C33H31F2N9O3/c34-25-7-5-20(18-28-22-3-1-2-4-23(22)30(45)41-40-28)17-24(25)31(46)42-9-11-43(12-10-42)32-37-29(21-6-8-26(35)27(36)19-21)38-33(39-32)44-13-15-47-16-14-44/h1-8,17,19H,9-16,18,36H2,(H,41,45). The summed E-state index contributed by atoms with van der Waals surface area (Å²) in [7, 11) is 0. The van der Waals surface area contributed by atoms with Gasteiger partial charge in [-0.3, -0.25) is 9.59 Å². The number of hydrogen-bond acceptors (Lipinski definition) is 10. The summed E-state index contributed by atoms with van der Waals surface area (Å²) in [5, 5.41) is 7.94. The molecule has 5 aromatic rings. The van der Waals surface area contributed by atoms with Gasteiger partial charge in [0, 0.05) is 56.6 Å². The first kappa shape index (κ1) is 30.2. The lowest BCUT2D eigenvalue weighted by Gasteiger charge is -2.35. The van der Waals surface area contributed by atoms with Crippen molar-refractivity contribution < 1.29 is 18.3 Å². The number of morpholine rings is 1. The van der Waals surface area contributed by atoms with Crippen LogP contribution in [0.3, 0.4) is 0 Å². The van der Waals surface area contributed by atoms with Crippen molar-refractivity contribution in [2.75, 3.05) is 68.0 Å². The third-order valence-corrected chi connectivity index (χ3v) is 8.42. The van der Waals surface area contributed by atoms with E-state index in [4.69, 9.17) is 15.5 Å². The minimum absolute atomic E-state index is 0.0101. The fourth-order valence-corrected chi connectivity index (χ4v) is 5.84. The van der Waals surface area contributed by atoms with E-state index in [2.05, 4.69) is 20.2 Å². The van der Waals surface area contributed by atoms with Gasteiger partial charge in [-0.25, -0.2) is 13.9 Å². The predicted octanol–water partition coefficient (Wildman–Crippen LogP) is 3.03. The molecular formula is C33H31F2N9O3. The molecule has 0 unspecified atom stereocenters. The van der Waals surface area contributed by atoms with Crippen molar-refractivity contribution in [2.24, 2.45) is 0 Å². The highest BCUT2D eigenvalue weighted by atomic mass is 19.1. The SMILES string of the molecule is Nc1cc(-c2nc(N3CCOCC3)nc(N3CCN(C(=O)c4cc(Cc5n[nH]c(=O)c6ccccc56)ccc4F)CC3)n2)ccc1F. The van der Waals surface area contributed by atoms with E-state index >= 15 is 4.39 Å². The zero-order valence-corrected chi connectivity index (χ0v) is 25.3. The van der Waals surface area contributed by atoms with Crippen LogP contribution in [0.5, 0.6) is 0 Å². The van der Waals surface area contributed by atoms with Gasteiger partial charge in [0.15, 0.2) is 5.82 Å². The van der Waals surface area contributed by atoms with Gasteiger partial charge in [0.1, 0.15) is 11.6 Å². The Hall–Kier alpha value is -5.50. The maximum atomic E-state index is 15.0. The molecule has 0 atom stereocenters. The van der Waals surface area contributed by atoms with Crippen LogP contribution in [0.25, 0.3) is 22.2 Å². The quantitative estimate of drug-likeness (QED) is 0.266. The molecule has 2 aliphatic heterocycles. The fourth-order valence-electron chi connectivity index (χ4n) is 5.84. The third kappa shape index (κ3) is 6.19. The first-order valence-electron chi connectivity index (χ1n) is 15.3. The summed E-state index contributed by atoms with van der Waals surface area (Å²) in [6.45, 7) is 3.71. The van der Waals surface area contributed by atoms with Gasteiger partial charge in [-0.1, -0.05) is 24.3 Å². The van der Waals surface area contributed by atoms with Crippen molar-refractivity contribution in [1.82, 2.24) is 30.0 Å². The number of rotatable bonds is 6. The second-order valence-electron chi connectivity index (χ2n) is 11.4. The minimum Gasteiger partial charge on any atom is -0.396 e. The number of fused-ring (bicyclic) bond motifs is 1. The Morgan fingerprint density at radius 3 is 2.23 bits per heavy atom. The zero-order valence-electron chi connectivity index (χ0n) is 25.3. The molecule has 0 spiro atoms. The van der Waals surface area contributed by atoms with Crippen LogP contribution in [0.1, 0.15) is 21.6 Å². The van der Waals surface area contributed by atoms with Gasteiger partial charge in [0.25, 0.3) is 11.5 Å². The summed E-state index contributed by atoms with van der Waals surface area (Å²) in [5.41, 5.74) is 7.36. The summed E-state index contributed by atoms with van der Waals surface area (Å²) in [6.07, 6.45) is 0.304. The number of amides is 1. The molecule has 0 aliphatic carbocycles. The number of ether oxygens (including phenoxy) is 1. The molecule has 2 aliphatic rings. The van der Waals surface area contributed by atoms with Crippen molar-refractivity contribution >= 4 is 34.3 Å². The number of halogens is 2. The number of aromatic nitrogens is 5. The number of hydrogen-bond donors (Lipinski definition) is 2. The van der Waals surface area contributed by atoms with Gasteiger partial charge >= 0.3 is 0 Å². The number of piperazine rings is 1. The molecule has 0 radical (unpaired) electrons. The number of benzene rings is 3. The highest BCUT2D eigenvalue weighted by molar-refractivity contribution is 5.95. The number of H-pyrrole nitrogens is 1. The average Bonchev–Trinajstić information content (AvgIpc) is 3.11. The molecule has 47 heavy (non-hydrogen) atoms. The molecule has 3 aromatic carbocycles. The highest BCUT2D eigenvalue weighted by Crippen LogP contribution is 2.26. The van der Waals surface area contributed by atoms with Gasteiger partial charge in [-0.15, -0.1) is 0 Å². The Balaban J connectivity index is 1.10. The zero-order chi connectivity index (χ0) is 32.5. The van der Waals surface area contributed by atoms with E-state index in [1.54, 1.807) is 35.2 Å². The van der Waals surface area contributed by atoms with Gasteiger partial charge in [0.05, 0.1) is 35.5 Å². The smallest absolute Gasteiger partial charge is 0.272 e. The van der Waals surface area contributed by atoms with Crippen LogP contribution in [-0.2, 0) is 11.2 Å². The molecule has 7 rings (SSSR count). The largest absolute Gasteiger partial charge is 0.396 e. The number of anilines is 3. The number of nitrogens with one attached hydrogen (secondary N) is 1. The van der Waals surface area contributed by atoms with Crippen molar-refractivity contribution in [3.63, 3.8) is 0 Å². The van der Waals surface area contributed by atoms with E-state index in [-0.39, 0.29) is 16.8 Å². The maximum absolute atomic E-state index is 15.0. The Morgan fingerprint density at radius 2 is 1.51 bits per heavy atom. The topological polar surface area (TPSA) is 146 Å². The Kier molecular flexibility index (Phi) is 8.16. The Bertz CT molecular complexity index is 2030. The number of carbonyl (C=O) groups is 1. The van der Waals surface area contributed by atoms with E-state index in [1.165, 1.54) is 18.2 Å². The van der Waals surface area contributed by atoms with E-state index in [0.717, 1.165) is 0 Å². The summed E-state index contributed by atoms with van der Waals surface area (Å²) in [5.74, 6) is -0.323. The summed E-state index contributed by atoms with van der Waals surface area (Å²) < 4.78 is 34.5. The van der Waals surface area contributed by atoms with Gasteiger partial charge < -0.3 is 25.2 Å². The van der Waals surface area contributed by atoms with Crippen LogP contribution >= 0.6 is 0 Å². The number of nitrogen functional groups attached to an aromatic ring is 1. The second-order valence-corrected chi connectivity index (χ2v) is 11.4. The molecule has 3 N–H and O–H groups in total. The number of nitrogens with zero attached hydrogens (tertiary/aromatic N) is 7. The van der Waals surface area contributed by atoms with Crippen LogP contribution in [0.4, 0.5) is 26.4 Å². The lowest BCUT2D eigenvalue weighted by atomic mass is 10.0. The monoisotopic (exact) mass is 639 g/mol. The number of carbonyl (C=O) groups excluding carboxylic acids is 1. The normalized spacial score (nSPS) is 15.3. The van der Waals surface area contributed by atoms with E-state index in [9.17, 15) is 14.0 Å². The summed E-state index contributed by atoms with van der Waals surface area (Å²) >= 11 is 0. The highest BCUT2D eigenvalue weighted by Gasteiger charge is 2.27. The van der Waals surface area contributed by atoms with E-state index < -0.39 is 17.5 Å². The van der Waals surface area contributed by atoms with Crippen LogP contribution in [0, 0.1) is 11.6 Å². The average molecular weight is 640 g/mol. The number of nitrogens with two attached hydrogens (primary N) is 1. The lowest BCUT2D eigenvalue weighted by Crippen LogP contribution is -2.49. The predicted molar refractivity (Wildman–Crippen MR) is 172 cm³/mol. The molecule has 0 bridgehead atoms. The molecular weight excluding hydrogens is 608 g/mol.